The molecule has 192 valence electrons. The van der Waals surface area contributed by atoms with Crippen LogP contribution in [0.4, 0.5) is 9.18 Å². The highest BCUT2D eigenvalue weighted by Crippen LogP contribution is 2.38. The van der Waals surface area contributed by atoms with Crippen LogP contribution in [0.25, 0.3) is 22.6 Å². The summed E-state index contributed by atoms with van der Waals surface area (Å²) in [6.45, 7) is -0.569. The van der Waals surface area contributed by atoms with Crippen LogP contribution in [0.3, 0.4) is 0 Å². The molecule has 38 heavy (non-hydrogen) atoms. The third kappa shape index (κ3) is 5.28. The number of furan rings is 1. The SMILES string of the molecule is O=C(COC(=O)c1c2c(nc3ccccc13)/C(=C/c1c(F)cccc1Cl)CC2)NC(=O)NCc1ccco1. The zero-order chi connectivity index (χ0) is 26.6. The number of carbonyl (C=O) groups excluding carboxylic acids is 3. The van der Waals surface area contributed by atoms with Crippen LogP contribution in [0.2, 0.25) is 5.02 Å². The first-order valence-electron chi connectivity index (χ1n) is 11.7. The van der Waals surface area contributed by atoms with Gasteiger partial charge >= 0.3 is 12.0 Å². The molecule has 0 spiro atoms. The Morgan fingerprint density at radius 1 is 1.08 bits per heavy atom. The zero-order valence-corrected chi connectivity index (χ0v) is 20.7. The van der Waals surface area contributed by atoms with Gasteiger partial charge in [0.25, 0.3) is 5.91 Å². The largest absolute Gasteiger partial charge is 0.467 e. The van der Waals surface area contributed by atoms with Crippen LogP contribution < -0.4 is 10.6 Å². The number of esters is 1. The summed E-state index contributed by atoms with van der Waals surface area (Å²) in [5.74, 6) is -1.46. The third-order valence-corrected chi connectivity index (χ3v) is 6.38. The van der Waals surface area contributed by atoms with Gasteiger partial charge in [-0.1, -0.05) is 35.9 Å². The summed E-state index contributed by atoms with van der Waals surface area (Å²) in [4.78, 5) is 42.1. The number of allylic oxidation sites excluding steroid dienone is 1. The van der Waals surface area contributed by atoms with Crippen LogP contribution in [-0.4, -0.2) is 29.5 Å². The lowest BCUT2D eigenvalue weighted by molar-refractivity contribution is -0.123. The number of halogens is 2. The molecule has 2 aromatic heterocycles. The molecule has 0 atom stereocenters. The predicted molar refractivity (Wildman–Crippen MR) is 139 cm³/mol. The highest BCUT2D eigenvalue weighted by atomic mass is 35.5. The average molecular weight is 534 g/mol. The maximum absolute atomic E-state index is 14.4. The van der Waals surface area contributed by atoms with E-state index in [-0.39, 0.29) is 22.7 Å². The zero-order valence-electron chi connectivity index (χ0n) is 19.9. The van der Waals surface area contributed by atoms with Gasteiger partial charge in [-0.05, 0) is 60.4 Å². The van der Waals surface area contributed by atoms with Crippen LogP contribution in [0.5, 0.6) is 0 Å². The van der Waals surface area contributed by atoms with Crippen molar-refractivity contribution in [2.24, 2.45) is 0 Å². The van der Waals surface area contributed by atoms with Crippen molar-refractivity contribution in [3.05, 3.63) is 99.8 Å². The van der Waals surface area contributed by atoms with Crippen molar-refractivity contribution in [3.8, 4) is 0 Å². The standard InChI is InChI=1S/C28H21ClFN3O5/c29-21-7-3-8-22(30)20(21)13-16-10-11-19-25(18-6-1-2-9-23(18)32-26(16)19)27(35)38-15-24(34)33-28(36)31-14-17-5-4-12-37-17/h1-9,12-13H,10-11,14-15H2,(H2,31,33,34,36)/b16-13+. The fourth-order valence-corrected chi connectivity index (χ4v) is 4.54. The number of imide groups is 1. The molecule has 2 N–H and O–H groups in total. The molecular weight excluding hydrogens is 513 g/mol. The number of ether oxygens (including phenoxy) is 1. The monoisotopic (exact) mass is 533 g/mol. The number of para-hydroxylation sites is 1. The fraction of sp³-hybridized carbons (Fsp3) is 0.143. The Hall–Kier alpha value is -4.50. The number of carbonyl (C=O) groups is 3. The van der Waals surface area contributed by atoms with E-state index >= 15 is 0 Å². The lowest BCUT2D eigenvalue weighted by Gasteiger charge is -2.12. The Bertz CT molecular complexity index is 1560. The van der Waals surface area contributed by atoms with Gasteiger partial charge in [0.1, 0.15) is 11.6 Å². The fourth-order valence-electron chi connectivity index (χ4n) is 4.33. The van der Waals surface area contributed by atoms with Crippen molar-refractivity contribution in [2.75, 3.05) is 6.61 Å². The molecular formula is C28H21ClFN3O5. The van der Waals surface area contributed by atoms with Gasteiger partial charge in [-0.3, -0.25) is 10.1 Å². The Morgan fingerprint density at radius 3 is 2.71 bits per heavy atom. The number of hydrogen-bond donors (Lipinski definition) is 2. The van der Waals surface area contributed by atoms with Crippen LogP contribution in [-0.2, 0) is 22.5 Å². The minimum Gasteiger partial charge on any atom is -0.467 e. The number of pyridine rings is 1. The van der Waals surface area contributed by atoms with E-state index in [9.17, 15) is 18.8 Å². The summed E-state index contributed by atoms with van der Waals surface area (Å²) < 4.78 is 24.8. The summed E-state index contributed by atoms with van der Waals surface area (Å²) in [5, 5.41) is 5.41. The number of hydrogen-bond acceptors (Lipinski definition) is 6. The molecule has 10 heteroatoms. The molecule has 2 aromatic carbocycles. The number of urea groups is 1. The smallest absolute Gasteiger partial charge is 0.339 e. The molecule has 0 bridgehead atoms. The van der Waals surface area contributed by atoms with E-state index in [1.807, 2.05) is 0 Å². The van der Waals surface area contributed by atoms with E-state index in [1.54, 1.807) is 48.5 Å². The quantitative estimate of drug-likeness (QED) is 0.326. The number of nitrogens with zero attached hydrogens (tertiary/aromatic N) is 1. The second kappa shape index (κ2) is 10.9. The number of fused-ring (bicyclic) bond motifs is 2. The summed E-state index contributed by atoms with van der Waals surface area (Å²) in [6.07, 6.45) is 4.10. The highest BCUT2D eigenvalue weighted by molar-refractivity contribution is 6.32. The highest BCUT2D eigenvalue weighted by Gasteiger charge is 2.28. The van der Waals surface area contributed by atoms with Gasteiger partial charge in [-0.25, -0.2) is 19.0 Å². The molecule has 1 aliphatic carbocycles. The Morgan fingerprint density at radius 2 is 1.92 bits per heavy atom. The first-order valence-corrected chi connectivity index (χ1v) is 12.1. The van der Waals surface area contributed by atoms with E-state index in [2.05, 4.69) is 10.6 Å². The van der Waals surface area contributed by atoms with E-state index in [4.69, 9.17) is 25.7 Å². The van der Waals surface area contributed by atoms with Crippen molar-refractivity contribution < 1.29 is 27.9 Å². The van der Waals surface area contributed by atoms with Crippen molar-refractivity contribution in [3.63, 3.8) is 0 Å². The topological polar surface area (TPSA) is 111 Å². The molecule has 0 radical (unpaired) electrons. The average Bonchev–Trinajstić information content (AvgIpc) is 3.57. The molecule has 2 heterocycles. The third-order valence-electron chi connectivity index (χ3n) is 6.05. The Balaban J connectivity index is 1.36. The van der Waals surface area contributed by atoms with E-state index in [0.29, 0.717) is 40.8 Å². The van der Waals surface area contributed by atoms with Crippen molar-refractivity contribution in [1.29, 1.82) is 0 Å². The second-order valence-corrected chi connectivity index (χ2v) is 8.93. The number of aromatic nitrogens is 1. The molecule has 1 aliphatic rings. The minimum atomic E-state index is -0.792. The molecule has 0 fully saturated rings. The van der Waals surface area contributed by atoms with Crippen LogP contribution in [0.15, 0.2) is 65.3 Å². The number of amides is 3. The lowest BCUT2D eigenvalue weighted by atomic mass is 10.0. The van der Waals surface area contributed by atoms with Gasteiger partial charge in [0.15, 0.2) is 6.61 Å². The van der Waals surface area contributed by atoms with Gasteiger partial charge in [0.05, 0.1) is 34.6 Å². The maximum atomic E-state index is 14.4. The van der Waals surface area contributed by atoms with Gasteiger partial charge in [0.2, 0.25) is 0 Å². The minimum absolute atomic E-state index is 0.0922. The van der Waals surface area contributed by atoms with E-state index in [0.717, 1.165) is 5.57 Å². The molecule has 0 saturated heterocycles. The summed E-state index contributed by atoms with van der Waals surface area (Å²) in [7, 11) is 0. The number of rotatable bonds is 6. The first-order chi connectivity index (χ1) is 18.4. The lowest BCUT2D eigenvalue weighted by Crippen LogP contribution is -2.41. The number of benzene rings is 2. The number of nitrogens with one attached hydrogen (secondary N) is 2. The second-order valence-electron chi connectivity index (χ2n) is 8.52. The Kier molecular flexibility index (Phi) is 7.19. The molecule has 0 unspecified atom stereocenters. The van der Waals surface area contributed by atoms with Crippen molar-refractivity contribution in [1.82, 2.24) is 15.6 Å². The molecule has 5 rings (SSSR count). The molecule has 0 aliphatic heterocycles. The molecule has 8 nitrogen and oxygen atoms in total. The van der Waals surface area contributed by atoms with Gasteiger partial charge in [-0.2, -0.15) is 0 Å². The molecule has 3 amide bonds. The summed E-state index contributed by atoms with van der Waals surface area (Å²) in [5.41, 5.74) is 3.01. The van der Waals surface area contributed by atoms with Crippen LogP contribution in [0, 0.1) is 5.82 Å². The van der Waals surface area contributed by atoms with E-state index in [1.165, 1.54) is 18.4 Å². The molecule has 4 aromatic rings. The first kappa shape index (κ1) is 25.2. The van der Waals surface area contributed by atoms with Gasteiger partial charge in [-0.15, -0.1) is 0 Å². The van der Waals surface area contributed by atoms with Gasteiger partial charge in [0, 0.05) is 10.9 Å². The van der Waals surface area contributed by atoms with Gasteiger partial charge < -0.3 is 14.5 Å². The molecule has 0 saturated carbocycles. The van der Waals surface area contributed by atoms with Crippen molar-refractivity contribution in [2.45, 2.75) is 19.4 Å². The van der Waals surface area contributed by atoms with E-state index < -0.39 is 30.3 Å². The van der Waals surface area contributed by atoms with Crippen LogP contribution >= 0.6 is 11.6 Å². The summed E-state index contributed by atoms with van der Waals surface area (Å²) in [6, 6.07) is 14.1. The normalized spacial score (nSPS) is 13.4. The van der Waals surface area contributed by atoms with Crippen LogP contribution in [0.1, 0.15) is 39.4 Å². The predicted octanol–water partition coefficient (Wildman–Crippen LogP) is 5.29. The van der Waals surface area contributed by atoms with Crippen molar-refractivity contribution >= 4 is 52.1 Å². The summed E-state index contributed by atoms with van der Waals surface area (Å²) >= 11 is 6.21. The Labute approximate surface area is 221 Å². The maximum Gasteiger partial charge on any atom is 0.339 e.